The van der Waals surface area contributed by atoms with Crippen LogP contribution < -0.4 is 5.32 Å². The number of aromatic nitrogens is 2. The summed E-state index contributed by atoms with van der Waals surface area (Å²) in [6, 6.07) is 0.454. The van der Waals surface area contributed by atoms with Crippen molar-refractivity contribution in [1.82, 2.24) is 15.5 Å². The second kappa shape index (κ2) is 6.62. The van der Waals surface area contributed by atoms with Crippen molar-refractivity contribution < 1.29 is 9.32 Å². The van der Waals surface area contributed by atoms with Gasteiger partial charge in [-0.2, -0.15) is 4.98 Å². The zero-order valence-electron chi connectivity index (χ0n) is 13.8. The SMILES string of the molecule is O=C(CCCc1nc(C2CC2)no1)N[C@H]1C[C@@H]1C1CCCCC1. The lowest BCUT2D eigenvalue weighted by Gasteiger charge is -2.21. The van der Waals surface area contributed by atoms with Crippen LogP contribution in [-0.4, -0.2) is 22.1 Å². The van der Waals surface area contributed by atoms with Crippen LogP contribution in [0.4, 0.5) is 0 Å². The van der Waals surface area contributed by atoms with Crippen LogP contribution in [-0.2, 0) is 11.2 Å². The number of nitrogens with one attached hydrogen (secondary N) is 1. The third-order valence-corrected chi connectivity index (χ3v) is 5.66. The van der Waals surface area contributed by atoms with Gasteiger partial charge in [0, 0.05) is 24.8 Å². The largest absolute Gasteiger partial charge is 0.353 e. The van der Waals surface area contributed by atoms with Gasteiger partial charge in [0.05, 0.1) is 0 Å². The molecular weight excluding hydrogens is 290 g/mol. The van der Waals surface area contributed by atoms with Crippen LogP contribution in [0, 0.1) is 11.8 Å². The second-order valence-corrected chi connectivity index (χ2v) is 7.65. The topological polar surface area (TPSA) is 68.0 Å². The predicted octanol–water partition coefficient (Wildman–Crippen LogP) is 3.35. The highest BCUT2D eigenvalue weighted by atomic mass is 16.5. The van der Waals surface area contributed by atoms with Gasteiger partial charge in [0.25, 0.3) is 0 Å². The Morgan fingerprint density at radius 3 is 2.78 bits per heavy atom. The number of carbonyl (C=O) groups excluding carboxylic acids is 1. The Labute approximate surface area is 137 Å². The zero-order valence-corrected chi connectivity index (χ0v) is 13.8. The molecule has 2 atom stereocenters. The average Bonchev–Trinajstić information content (AvgIpc) is 3.49. The molecule has 1 N–H and O–H groups in total. The van der Waals surface area contributed by atoms with E-state index in [1.54, 1.807) is 0 Å². The molecular formula is C18H27N3O2. The minimum atomic E-state index is 0.190. The highest BCUT2D eigenvalue weighted by molar-refractivity contribution is 5.76. The number of aryl methyl sites for hydroxylation is 1. The Morgan fingerprint density at radius 2 is 2.00 bits per heavy atom. The van der Waals surface area contributed by atoms with Gasteiger partial charge in [-0.3, -0.25) is 4.79 Å². The van der Waals surface area contributed by atoms with Crippen molar-refractivity contribution in [3.8, 4) is 0 Å². The van der Waals surface area contributed by atoms with Crippen LogP contribution in [0.5, 0.6) is 0 Å². The van der Waals surface area contributed by atoms with Gasteiger partial charge < -0.3 is 9.84 Å². The van der Waals surface area contributed by atoms with Gasteiger partial charge >= 0.3 is 0 Å². The molecule has 3 aliphatic rings. The van der Waals surface area contributed by atoms with Crippen LogP contribution in [0.25, 0.3) is 0 Å². The first-order chi connectivity index (χ1) is 11.3. The molecule has 126 valence electrons. The maximum Gasteiger partial charge on any atom is 0.226 e. The fourth-order valence-electron chi connectivity index (χ4n) is 4.02. The Balaban J connectivity index is 1.13. The van der Waals surface area contributed by atoms with E-state index in [-0.39, 0.29) is 5.91 Å². The van der Waals surface area contributed by atoms with E-state index in [1.807, 2.05) is 0 Å². The molecule has 1 aromatic rings. The van der Waals surface area contributed by atoms with Crippen molar-refractivity contribution in [2.75, 3.05) is 0 Å². The monoisotopic (exact) mass is 317 g/mol. The molecule has 3 aliphatic carbocycles. The predicted molar refractivity (Wildman–Crippen MR) is 85.8 cm³/mol. The number of carbonyl (C=O) groups is 1. The van der Waals surface area contributed by atoms with Gasteiger partial charge in [-0.05, 0) is 37.5 Å². The Morgan fingerprint density at radius 1 is 1.17 bits per heavy atom. The van der Waals surface area contributed by atoms with Crippen molar-refractivity contribution >= 4 is 5.91 Å². The van der Waals surface area contributed by atoms with E-state index in [0.717, 1.165) is 24.1 Å². The summed E-state index contributed by atoms with van der Waals surface area (Å²) in [4.78, 5) is 16.5. The fraction of sp³-hybridized carbons (Fsp3) is 0.833. The van der Waals surface area contributed by atoms with Gasteiger partial charge in [-0.25, -0.2) is 0 Å². The maximum absolute atomic E-state index is 12.1. The molecule has 23 heavy (non-hydrogen) atoms. The smallest absolute Gasteiger partial charge is 0.226 e. The lowest BCUT2D eigenvalue weighted by atomic mass is 9.85. The van der Waals surface area contributed by atoms with Gasteiger partial charge in [-0.15, -0.1) is 0 Å². The molecule has 3 fully saturated rings. The number of nitrogens with zero attached hydrogens (tertiary/aromatic N) is 2. The number of rotatable bonds is 7. The maximum atomic E-state index is 12.1. The molecule has 0 saturated heterocycles. The lowest BCUT2D eigenvalue weighted by molar-refractivity contribution is -0.121. The molecule has 0 spiro atoms. The summed E-state index contributed by atoms with van der Waals surface area (Å²) in [5, 5.41) is 7.22. The van der Waals surface area contributed by atoms with Crippen molar-refractivity contribution in [2.24, 2.45) is 11.8 Å². The standard InChI is InChI=1S/C18H27N3O2/c22-16(19-15-11-14(15)12-5-2-1-3-6-12)7-4-8-17-20-18(21-23-17)13-9-10-13/h12-15H,1-11H2,(H,19,22)/t14-,15+/m1/s1. The lowest BCUT2D eigenvalue weighted by Crippen LogP contribution is -2.28. The summed E-state index contributed by atoms with van der Waals surface area (Å²) >= 11 is 0. The molecule has 1 amide bonds. The van der Waals surface area contributed by atoms with Crippen molar-refractivity contribution in [1.29, 1.82) is 0 Å². The van der Waals surface area contributed by atoms with Crippen molar-refractivity contribution in [3.63, 3.8) is 0 Å². The van der Waals surface area contributed by atoms with Gasteiger partial charge in [0.15, 0.2) is 5.82 Å². The van der Waals surface area contributed by atoms with Crippen LogP contribution in [0.1, 0.15) is 81.8 Å². The second-order valence-electron chi connectivity index (χ2n) is 7.65. The molecule has 0 unspecified atom stereocenters. The minimum absolute atomic E-state index is 0.190. The van der Waals surface area contributed by atoms with E-state index in [0.29, 0.717) is 30.7 Å². The minimum Gasteiger partial charge on any atom is -0.353 e. The van der Waals surface area contributed by atoms with Crippen LogP contribution >= 0.6 is 0 Å². The van der Waals surface area contributed by atoms with Gasteiger partial charge in [-0.1, -0.05) is 37.3 Å². The summed E-state index contributed by atoms with van der Waals surface area (Å²) in [6.45, 7) is 0. The summed E-state index contributed by atoms with van der Waals surface area (Å²) in [5.74, 6) is 3.89. The molecule has 0 aromatic carbocycles. The fourth-order valence-corrected chi connectivity index (χ4v) is 4.02. The average molecular weight is 317 g/mol. The highest BCUT2D eigenvalue weighted by Gasteiger charge is 2.43. The Kier molecular flexibility index (Phi) is 4.36. The molecule has 4 rings (SSSR count). The highest BCUT2D eigenvalue weighted by Crippen LogP contribution is 2.44. The first-order valence-electron chi connectivity index (χ1n) is 9.41. The van der Waals surface area contributed by atoms with E-state index in [4.69, 9.17) is 4.52 Å². The summed E-state index contributed by atoms with van der Waals surface area (Å²) in [6.07, 6.45) is 12.6. The molecule has 5 nitrogen and oxygen atoms in total. The van der Waals surface area contributed by atoms with E-state index < -0.39 is 0 Å². The number of amides is 1. The molecule has 0 aliphatic heterocycles. The first kappa shape index (κ1) is 15.2. The normalized spacial score (nSPS) is 27.8. The Hall–Kier alpha value is -1.39. The molecule has 3 saturated carbocycles. The molecule has 0 bridgehead atoms. The van der Waals surface area contributed by atoms with Crippen LogP contribution in [0.3, 0.4) is 0 Å². The van der Waals surface area contributed by atoms with E-state index >= 15 is 0 Å². The third kappa shape index (κ3) is 3.93. The van der Waals surface area contributed by atoms with Gasteiger partial charge in [0.2, 0.25) is 11.8 Å². The molecule has 1 aromatic heterocycles. The third-order valence-electron chi connectivity index (χ3n) is 5.66. The Bertz CT molecular complexity index is 546. The summed E-state index contributed by atoms with van der Waals surface area (Å²) < 4.78 is 5.24. The summed E-state index contributed by atoms with van der Waals surface area (Å²) in [5.41, 5.74) is 0. The van der Waals surface area contributed by atoms with E-state index in [9.17, 15) is 4.79 Å². The van der Waals surface area contributed by atoms with Crippen LogP contribution in [0.2, 0.25) is 0 Å². The van der Waals surface area contributed by atoms with Crippen LogP contribution in [0.15, 0.2) is 4.52 Å². The zero-order chi connectivity index (χ0) is 15.6. The number of hydrogen-bond acceptors (Lipinski definition) is 4. The quantitative estimate of drug-likeness (QED) is 0.837. The van der Waals surface area contributed by atoms with Crippen molar-refractivity contribution in [3.05, 3.63) is 11.7 Å². The van der Waals surface area contributed by atoms with E-state index in [1.165, 1.54) is 51.4 Å². The van der Waals surface area contributed by atoms with Crippen molar-refractivity contribution in [2.45, 2.75) is 82.6 Å². The molecule has 0 radical (unpaired) electrons. The first-order valence-corrected chi connectivity index (χ1v) is 9.41. The number of hydrogen-bond donors (Lipinski definition) is 1. The van der Waals surface area contributed by atoms with Gasteiger partial charge in [0.1, 0.15) is 0 Å². The molecule has 1 heterocycles. The van der Waals surface area contributed by atoms with E-state index in [2.05, 4.69) is 15.5 Å². The molecule has 5 heteroatoms. The summed E-state index contributed by atoms with van der Waals surface area (Å²) in [7, 11) is 0.